The number of aromatic nitrogens is 5. The lowest BCUT2D eigenvalue weighted by molar-refractivity contribution is 0.601. The summed E-state index contributed by atoms with van der Waals surface area (Å²) in [6.45, 7) is 0.410. The van der Waals surface area contributed by atoms with Gasteiger partial charge in [-0.05, 0) is 18.2 Å². The molecule has 0 unspecified atom stereocenters. The minimum absolute atomic E-state index is 0.220. The molecule has 0 aliphatic rings. The maximum absolute atomic E-state index is 13.9. The van der Waals surface area contributed by atoms with Crippen LogP contribution in [-0.2, 0) is 13.6 Å². The molecule has 0 saturated carbocycles. The third-order valence-electron chi connectivity index (χ3n) is 3.77. The molecular formula is C17H14FN5. The molecule has 0 fully saturated rings. The van der Waals surface area contributed by atoms with Crippen molar-refractivity contribution in [2.24, 2.45) is 7.05 Å². The van der Waals surface area contributed by atoms with E-state index in [1.165, 1.54) is 6.07 Å². The molecule has 6 heteroatoms. The Balaban J connectivity index is 1.86. The van der Waals surface area contributed by atoms with Gasteiger partial charge in [-0.2, -0.15) is 5.10 Å². The van der Waals surface area contributed by atoms with Gasteiger partial charge >= 0.3 is 0 Å². The van der Waals surface area contributed by atoms with Gasteiger partial charge in [0.25, 0.3) is 0 Å². The van der Waals surface area contributed by atoms with Crippen LogP contribution >= 0.6 is 0 Å². The number of aryl methyl sites for hydroxylation is 1. The van der Waals surface area contributed by atoms with Gasteiger partial charge in [0.1, 0.15) is 17.8 Å². The van der Waals surface area contributed by atoms with E-state index in [2.05, 4.69) is 15.1 Å². The highest BCUT2D eigenvalue weighted by Crippen LogP contribution is 2.27. The Kier molecular flexibility index (Phi) is 3.15. The number of nitrogens with zero attached hydrogens (tertiary/aromatic N) is 5. The van der Waals surface area contributed by atoms with Crippen molar-refractivity contribution in [2.45, 2.75) is 6.54 Å². The van der Waals surface area contributed by atoms with E-state index in [9.17, 15) is 4.39 Å². The van der Waals surface area contributed by atoms with Crippen molar-refractivity contribution in [1.29, 1.82) is 0 Å². The zero-order valence-electron chi connectivity index (χ0n) is 12.5. The Bertz CT molecular complexity index is 985. The number of pyridine rings is 1. The second-order valence-corrected chi connectivity index (χ2v) is 5.38. The van der Waals surface area contributed by atoms with E-state index in [1.807, 2.05) is 36.0 Å². The average Bonchev–Trinajstić information content (AvgIpc) is 3.14. The van der Waals surface area contributed by atoms with E-state index in [1.54, 1.807) is 29.3 Å². The smallest absolute Gasteiger partial charge is 0.183 e. The van der Waals surface area contributed by atoms with Gasteiger partial charge in [0, 0.05) is 36.0 Å². The topological polar surface area (TPSA) is 48.5 Å². The normalized spacial score (nSPS) is 11.2. The highest BCUT2D eigenvalue weighted by atomic mass is 19.1. The lowest BCUT2D eigenvalue weighted by Gasteiger charge is -2.05. The first kappa shape index (κ1) is 13.6. The first-order valence-corrected chi connectivity index (χ1v) is 7.25. The first-order chi connectivity index (χ1) is 11.2. The molecule has 0 spiro atoms. The van der Waals surface area contributed by atoms with Crippen molar-refractivity contribution >= 4 is 11.0 Å². The third kappa shape index (κ3) is 2.38. The molecule has 23 heavy (non-hydrogen) atoms. The van der Waals surface area contributed by atoms with E-state index < -0.39 is 0 Å². The summed E-state index contributed by atoms with van der Waals surface area (Å²) in [5.41, 5.74) is 2.30. The van der Waals surface area contributed by atoms with Crippen LogP contribution in [0.2, 0.25) is 0 Å². The summed E-state index contributed by atoms with van der Waals surface area (Å²) in [5, 5.41) is 5.31. The fourth-order valence-corrected chi connectivity index (χ4v) is 2.69. The van der Waals surface area contributed by atoms with Crippen LogP contribution in [0, 0.1) is 5.82 Å². The predicted molar refractivity (Wildman–Crippen MR) is 85.2 cm³/mol. The molecule has 0 N–H and O–H groups in total. The van der Waals surface area contributed by atoms with Crippen LogP contribution in [0.1, 0.15) is 5.56 Å². The van der Waals surface area contributed by atoms with Gasteiger partial charge in [-0.15, -0.1) is 0 Å². The Morgan fingerprint density at radius 1 is 1.09 bits per heavy atom. The molecule has 0 aliphatic carbocycles. The van der Waals surface area contributed by atoms with Gasteiger partial charge in [0.15, 0.2) is 5.82 Å². The van der Waals surface area contributed by atoms with Crippen molar-refractivity contribution in [3.63, 3.8) is 0 Å². The molecule has 5 nitrogen and oxygen atoms in total. The van der Waals surface area contributed by atoms with Crippen LogP contribution in [0.5, 0.6) is 0 Å². The maximum Gasteiger partial charge on any atom is 0.183 e. The van der Waals surface area contributed by atoms with Crippen LogP contribution in [0.3, 0.4) is 0 Å². The monoisotopic (exact) mass is 307 g/mol. The zero-order chi connectivity index (χ0) is 15.8. The number of halogens is 1. The first-order valence-electron chi connectivity index (χ1n) is 7.25. The minimum Gasteiger partial charge on any atom is -0.327 e. The molecular weight excluding hydrogens is 293 g/mol. The van der Waals surface area contributed by atoms with Crippen LogP contribution in [0.15, 0.2) is 55.1 Å². The van der Waals surface area contributed by atoms with Crippen LogP contribution < -0.4 is 0 Å². The lowest BCUT2D eigenvalue weighted by Crippen LogP contribution is -2.01. The van der Waals surface area contributed by atoms with Crippen molar-refractivity contribution in [2.75, 3.05) is 0 Å². The molecule has 0 bridgehead atoms. The van der Waals surface area contributed by atoms with E-state index in [0.29, 0.717) is 17.9 Å². The fourth-order valence-electron chi connectivity index (χ4n) is 2.69. The van der Waals surface area contributed by atoms with Gasteiger partial charge in [-0.25, -0.2) is 14.4 Å². The number of benzene rings is 1. The quantitative estimate of drug-likeness (QED) is 0.584. The summed E-state index contributed by atoms with van der Waals surface area (Å²) < 4.78 is 17.5. The standard InChI is InChI=1S/C17H14FN5/c1-22-11-20-16(21-22)14-10-23(17-13(14)6-4-8-19-17)9-12-5-2-3-7-15(12)18/h2-8,10-11H,9H2,1H3. The van der Waals surface area contributed by atoms with Gasteiger partial charge in [0.05, 0.1) is 6.54 Å². The number of hydrogen-bond acceptors (Lipinski definition) is 3. The largest absolute Gasteiger partial charge is 0.327 e. The Morgan fingerprint density at radius 3 is 2.74 bits per heavy atom. The Labute approximate surface area is 132 Å². The summed E-state index contributed by atoms with van der Waals surface area (Å²) in [7, 11) is 1.83. The molecule has 1 aromatic carbocycles. The SMILES string of the molecule is Cn1cnc(-c2cn(Cc3ccccc3F)c3ncccc23)n1. The molecule has 0 saturated heterocycles. The molecule has 3 aromatic heterocycles. The highest BCUT2D eigenvalue weighted by Gasteiger charge is 2.15. The Hall–Kier alpha value is -3.02. The number of fused-ring (bicyclic) bond motifs is 1. The van der Waals surface area contributed by atoms with Crippen LogP contribution in [0.4, 0.5) is 4.39 Å². The van der Waals surface area contributed by atoms with Gasteiger partial charge < -0.3 is 4.57 Å². The molecule has 4 rings (SSSR count). The molecule has 0 aliphatic heterocycles. The molecule has 0 radical (unpaired) electrons. The van der Waals surface area contributed by atoms with Crippen molar-refractivity contribution in [3.05, 3.63) is 66.5 Å². The summed E-state index contributed by atoms with van der Waals surface area (Å²) in [5.74, 6) is 0.417. The second kappa shape index (κ2) is 5.31. The summed E-state index contributed by atoms with van der Waals surface area (Å²) in [4.78, 5) is 8.75. The average molecular weight is 307 g/mol. The summed E-state index contributed by atoms with van der Waals surface area (Å²) in [6.07, 6.45) is 5.32. The third-order valence-corrected chi connectivity index (χ3v) is 3.77. The van der Waals surface area contributed by atoms with Gasteiger partial charge in [-0.3, -0.25) is 4.68 Å². The molecule has 0 atom stereocenters. The van der Waals surface area contributed by atoms with Gasteiger partial charge in [-0.1, -0.05) is 18.2 Å². The van der Waals surface area contributed by atoms with E-state index in [0.717, 1.165) is 16.6 Å². The van der Waals surface area contributed by atoms with Gasteiger partial charge in [0.2, 0.25) is 0 Å². The van der Waals surface area contributed by atoms with Crippen molar-refractivity contribution in [3.8, 4) is 11.4 Å². The minimum atomic E-state index is -0.220. The second-order valence-electron chi connectivity index (χ2n) is 5.38. The lowest BCUT2D eigenvalue weighted by atomic mass is 10.2. The maximum atomic E-state index is 13.9. The van der Waals surface area contributed by atoms with E-state index in [-0.39, 0.29) is 5.82 Å². The zero-order valence-corrected chi connectivity index (χ0v) is 12.5. The predicted octanol–water partition coefficient (Wildman–Crippen LogP) is 3.02. The molecule has 4 aromatic rings. The van der Waals surface area contributed by atoms with Crippen LogP contribution in [-0.4, -0.2) is 24.3 Å². The molecule has 114 valence electrons. The van der Waals surface area contributed by atoms with Crippen molar-refractivity contribution < 1.29 is 4.39 Å². The summed E-state index contributed by atoms with van der Waals surface area (Å²) in [6, 6.07) is 10.6. The van der Waals surface area contributed by atoms with E-state index >= 15 is 0 Å². The summed E-state index contributed by atoms with van der Waals surface area (Å²) >= 11 is 0. The highest BCUT2D eigenvalue weighted by molar-refractivity contribution is 5.92. The number of hydrogen-bond donors (Lipinski definition) is 0. The van der Waals surface area contributed by atoms with E-state index in [4.69, 9.17) is 0 Å². The molecule has 3 heterocycles. The number of rotatable bonds is 3. The van der Waals surface area contributed by atoms with Crippen LogP contribution in [0.25, 0.3) is 22.4 Å². The molecule has 0 amide bonds. The fraction of sp³-hybridized carbons (Fsp3) is 0.118. The Morgan fingerprint density at radius 2 is 1.96 bits per heavy atom. The van der Waals surface area contributed by atoms with Crippen molar-refractivity contribution in [1.82, 2.24) is 24.3 Å².